The molecule has 0 bridgehead atoms. The summed E-state index contributed by atoms with van der Waals surface area (Å²) in [7, 11) is 0. The van der Waals surface area contributed by atoms with E-state index in [1.807, 2.05) is 6.07 Å². The van der Waals surface area contributed by atoms with Gasteiger partial charge in [0.25, 0.3) is 0 Å². The Morgan fingerprint density at radius 2 is 1.37 bits per heavy atom. The molecule has 3 heterocycles. The third kappa shape index (κ3) is 11.4. The van der Waals surface area contributed by atoms with E-state index >= 15 is 0 Å². The van der Waals surface area contributed by atoms with Crippen molar-refractivity contribution in [1.29, 1.82) is 0 Å². The lowest BCUT2D eigenvalue weighted by molar-refractivity contribution is -0.697. The number of aromatic nitrogens is 1. The van der Waals surface area contributed by atoms with Gasteiger partial charge in [0.2, 0.25) is 11.8 Å². The lowest BCUT2D eigenvalue weighted by Crippen LogP contribution is -2.72. The Labute approximate surface area is 280 Å². The van der Waals surface area contributed by atoms with Gasteiger partial charge in [-0.25, -0.2) is 4.57 Å². The van der Waals surface area contributed by atoms with Gasteiger partial charge in [-0.1, -0.05) is 120 Å². The van der Waals surface area contributed by atoms with Crippen LogP contribution in [0.25, 0.3) is 0 Å². The SMILES string of the molecule is CC1(C)S[C@@H]2[C@H](NC(=O)[C@H](N)c3ccccc3)C(=O)N2[C@H]1C(=O)[O-].CCCCCCCCCCCCCCCC[n+]1ccccc1. The first-order chi connectivity index (χ1) is 22.2. The predicted octanol–water partition coefficient (Wildman–Crippen LogP) is 5.44. The van der Waals surface area contributed by atoms with E-state index in [0.29, 0.717) is 5.56 Å². The Morgan fingerprint density at radius 1 is 0.870 bits per heavy atom. The lowest BCUT2D eigenvalue weighted by atomic mass is 9.95. The van der Waals surface area contributed by atoms with Gasteiger partial charge in [-0.3, -0.25) is 9.59 Å². The molecular weight excluding hydrogens is 596 g/mol. The summed E-state index contributed by atoms with van der Waals surface area (Å²) in [6.45, 7) is 6.97. The summed E-state index contributed by atoms with van der Waals surface area (Å²) in [4.78, 5) is 37.2. The molecule has 4 rings (SSSR count). The number of thioether (sulfide) groups is 1. The van der Waals surface area contributed by atoms with E-state index in [9.17, 15) is 19.5 Å². The summed E-state index contributed by atoms with van der Waals surface area (Å²) in [6, 6.07) is 12.5. The average molecular weight is 653 g/mol. The number of nitrogens with zero attached hydrogens (tertiary/aromatic N) is 2. The lowest BCUT2D eigenvalue weighted by Gasteiger charge is -2.45. The fourth-order valence-electron chi connectivity index (χ4n) is 6.25. The molecule has 1 aromatic carbocycles. The molecule has 0 radical (unpaired) electrons. The highest BCUT2D eigenvalue weighted by atomic mass is 32.2. The molecule has 2 aliphatic heterocycles. The van der Waals surface area contributed by atoms with Crippen LogP contribution in [0.4, 0.5) is 0 Å². The molecule has 2 fully saturated rings. The van der Waals surface area contributed by atoms with Crippen LogP contribution in [0.5, 0.6) is 0 Å². The van der Waals surface area contributed by atoms with Crippen LogP contribution in [0.15, 0.2) is 60.9 Å². The summed E-state index contributed by atoms with van der Waals surface area (Å²) in [5.74, 6) is -2.16. The quantitative estimate of drug-likeness (QED) is 0.119. The molecule has 2 aliphatic rings. The number of carbonyl (C=O) groups is 3. The summed E-state index contributed by atoms with van der Waals surface area (Å²) in [6.07, 6.45) is 24.4. The Bertz CT molecular complexity index is 1200. The van der Waals surface area contributed by atoms with E-state index in [4.69, 9.17) is 5.73 Å². The number of nitrogens with one attached hydrogen (secondary N) is 1. The second-order valence-electron chi connectivity index (χ2n) is 13.2. The number of rotatable bonds is 19. The van der Waals surface area contributed by atoms with Gasteiger partial charge in [0.1, 0.15) is 24.0 Å². The van der Waals surface area contributed by atoms with Gasteiger partial charge in [0.05, 0.1) is 12.0 Å². The van der Waals surface area contributed by atoms with Crippen molar-refractivity contribution < 1.29 is 24.1 Å². The van der Waals surface area contributed by atoms with Crippen LogP contribution in [0.1, 0.15) is 122 Å². The molecule has 0 unspecified atom stereocenters. The topological polar surface area (TPSA) is 119 Å². The molecule has 2 aromatic rings. The molecule has 3 N–H and O–H groups in total. The minimum absolute atomic E-state index is 0.415. The van der Waals surface area contributed by atoms with Gasteiger partial charge in [0, 0.05) is 23.3 Å². The molecule has 2 amide bonds. The molecule has 254 valence electrons. The van der Waals surface area contributed by atoms with Crippen LogP contribution in [0.3, 0.4) is 0 Å². The highest BCUT2D eigenvalue weighted by Crippen LogP contribution is 2.50. The first kappa shape index (κ1) is 37.5. The van der Waals surface area contributed by atoms with E-state index in [2.05, 4.69) is 47.4 Å². The van der Waals surface area contributed by atoms with Gasteiger partial charge >= 0.3 is 0 Å². The van der Waals surface area contributed by atoms with Crippen molar-refractivity contribution in [1.82, 2.24) is 10.2 Å². The molecule has 4 atom stereocenters. The number of carboxylic acids is 1. The molecule has 0 spiro atoms. The van der Waals surface area contributed by atoms with Gasteiger partial charge < -0.3 is 25.9 Å². The number of benzene rings is 1. The summed E-state index contributed by atoms with van der Waals surface area (Å²) in [5.41, 5.74) is 6.57. The van der Waals surface area contributed by atoms with Gasteiger partial charge in [0.15, 0.2) is 12.4 Å². The predicted molar refractivity (Wildman–Crippen MR) is 183 cm³/mol. The highest BCUT2D eigenvalue weighted by molar-refractivity contribution is 8.01. The third-order valence-electron chi connectivity index (χ3n) is 8.95. The number of carbonyl (C=O) groups excluding carboxylic acids is 3. The Hall–Kier alpha value is -2.91. The van der Waals surface area contributed by atoms with Crippen LogP contribution < -0.4 is 20.7 Å². The number of fused-ring (bicyclic) bond motifs is 1. The summed E-state index contributed by atoms with van der Waals surface area (Å²) in [5, 5.41) is 13.6. The largest absolute Gasteiger partial charge is 0.548 e. The van der Waals surface area contributed by atoms with Crippen LogP contribution in [0, 0.1) is 0 Å². The molecule has 0 aliphatic carbocycles. The number of carboxylic acid groups (broad SMARTS) is 1. The maximum atomic E-state index is 12.3. The minimum atomic E-state index is -1.28. The normalized spacial score (nSPS) is 20.2. The molecule has 1 aromatic heterocycles. The standard InChI is InChI=1S/C21H38N.C16H19N3O4S/c1-2-3-4-5-6-7-8-9-10-11-12-13-14-16-19-22-20-17-15-18-21-22;1-16(2)11(15(22)23)19-13(21)10(14(19)24-16)18-12(20)9(17)8-6-4-3-5-7-8/h15,17-18,20-21H,2-14,16,19H2,1H3;3-7,9-11,14H,17H2,1-2H3,(H,18,20)(H,22,23)/q+1;/p-1/t;9-,10-,11+,14-/m.1/s1. The maximum Gasteiger partial charge on any atom is 0.249 e. The number of nitrogens with two attached hydrogens (primary N) is 1. The number of hydrogen-bond donors (Lipinski definition) is 2. The number of aliphatic carboxylic acids is 1. The number of aryl methyl sites for hydroxylation is 1. The molecule has 8 nitrogen and oxygen atoms in total. The average Bonchev–Trinajstić information content (AvgIpc) is 3.32. The Morgan fingerprint density at radius 3 is 1.89 bits per heavy atom. The number of unbranched alkanes of at least 4 members (excludes halogenated alkanes) is 13. The first-order valence-corrected chi connectivity index (χ1v) is 18.3. The van der Waals surface area contributed by atoms with Crippen LogP contribution in [0.2, 0.25) is 0 Å². The fraction of sp³-hybridized carbons (Fsp3) is 0.622. The van der Waals surface area contributed by atoms with Gasteiger partial charge in [-0.2, -0.15) is 0 Å². The number of amides is 2. The maximum absolute atomic E-state index is 12.3. The zero-order valence-corrected chi connectivity index (χ0v) is 29.0. The van der Waals surface area contributed by atoms with Crippen molar-refractivity contribution in [2.24, 2.45) is 5.73 Å². The number of β-lactam (4-membered cyclic amide) rings is 1. The monoisotopic (exact) mass is 652 g/mol. The van der Waals surface area contributed by atoms with Crippen molar-refractivity contribution in [3.8, 4) is 0 Å². The zero-order valence-electron chi connectivity index (χ0n) is 28.2. The number of pyridine rings is 1. The van der Waals surface area contributed by atoms with Gasteiger partial charge in [-0.15, -0.1) is 11.8 Å². The number of hydrogen-bond acceptors (Lipinski definition) is 6. The second-order valence-corrected chi connectivity index (χ2v) is 14.9. The zero-order chi connectivity index (χ0) is 33.4. The van der Waals surface area contributed by atoms with Crippen LogP contribution in [-0.4, -0.2) is 44.9 Å². The summed E-state index contributed by atoms with van der Waals surface area (Å²) < 4.78 is 1.61. The van der Waals surface area contributed by atoms with E-state index < -0.39 is 46.0 Å². The molecule has 0 saturated carbocycles. The van der Waals surface area contributed by atoms with Crippen molar-refractivity contribution in [2.75, 3.05) is 0 Å². The van der Waals surface area contributed by atoms with E-state index in [1.54, 1.807) is 38.1 Å². The van der Waals surface area contributed by atoms with Gasteiger partial charge in [-0.05, 0) is 25.8 Å². The van der Waals surface area contributed by atoms with E-state index in [0.717, 1.165) is 0 Å². The Kier molecular flexibility index (Phi) is 16.1. The molecule has 46 heavy (non-hydrogen) atoms. The van der Waals surface area contributed by atoms with E-state index in [-0.39, 0.29) is 0 Å². The third-order valence-corrected chi connectivity index (χ3v) is 10.5. The second kappa shape index (κ2) is 19.7. The van der Waals surface area contributed by atoms with Crippen molar-refractivity contribution in [2.45, 2.75) is 145 Å². The van der Waals surface area contributed by atoms with Crippen molar-refractivity contribution in [3.05, 3.63) is 66.5 Å². The molecular formula is C37H56N4O4S. The van der Waals surface area contributed by atoms with Crippen molar-refractivity contribution >= 4 is 29.5 Å². The smallest absolute Gasteiger partial charge is 0.249 e. The summed E-state index contributed by atoms with van der Waals surface area (Å²) >= 11 is 1.34. The van der Waals surface area contributed by atoms with Crippen molar-refractivity contribution in [3.63, 3.8) is 0 Å². The fourth-order valence-corrected chi connectivity index (χ4v) is 7.87. The molecule has 9 heteroatoms. The minimum Gasteiger partial charge on any atom is -0.548 e. The van der Waals surface area contributed by atoms with Crippen LogP contribution in [-0.2, 0) is 20.9 Å². The first-order valence-electron chi connectivity index (χ1n) is 17.4. The highest BCUT2D eigenvalue weighted by Gasteiger charge is 2.62. The molecule has 2 saturated heterocycles. The Balaban J connectivity index is 0.000000252. The van der Waals surface area contributed by atoms with E-state index in [1.165, 1.54) is 113 Å². The van der Waals surface area contributed by atoms with Crippen LogP contribution >= 0.6 is 11.8 Å².